The van der Waals surface area contributed by atoms with Crippen molar-refractivity contribution in [2.45, 2.75) is 51.6 Å². The molecule has 0 aromatic heterocycles. The molecule has 0 fully saturated rings. The first kappa shape index (κ1) is 27.0. The van der Waals surface area contributed by atoms with Gasteiger partial charge < -0.3 is 24.4 Å². The number of methoxy groups -OCH3 is 1. The lowest BCUT2D eigenvalue weighted by molar-refractivity contribution is -0.141. The van der Waals surface area contributed by atoms with E-state index < -0.39 is 6.04 Å². The molecule has 4 rings (SSSR count). The summed E-state index contributed by atoms with van der Waals surface area (Å²) in [5.74, 6) is 1.90. The van der Waals surface area contributed by atoms with E-state index in [1.165, 1.54) is 0 Å². The molecule has 3 aromatic carbocycles. The Morgan fingerprint density at radius 2 is 1.74 bits per heavy atom. The third kappa shape index (κ3) is 7.28. The van der Waals surface area contributed by atoms with Gasteiger partial charge in [0.2, 0.25) is 18.6 Å². The first-order chi connectivity index (χ1) is 18.6. The van der Waals surface area contributed by atoms with E-state index in [9.17, 15) is 9.59 Å². The molecule has 2 amide bonds. The number of benzene rings is 3. The Balaban J connectivity index is 1.59. The van der Waals surface area contributed by atoms with Gasteiger partial charge in [0.1, 0.15) is 11.8 Å². The van der Waals surface area contributed by atoms with Crippen LogP contribution < -0.4 is 19.5 Å². The summed E-state index contributed by atoms with van der Waals surface area (Å²) < 4.78 is 16.3. The predicted octanol–water partition coefficient (Wildman–Crippen LogP) is 4.91. The van der Waals surface area contributed by atoms with Crippen molar-refractivity contribution >= 4 is 11.8 Å². The second-order valence-corrected chi connectivity index (χ2v) is 9.41. The monoisotopic (exact) mass is 516 g/mol. The molecule has 1 heterocycles. The summed E-state index contributed by atoms with van der Waals surface area (Å²) >= 11 is 0. The number of fused-ring (bicyclic) bond motifs is 1. The first-order valence-corrected chi connectivity index (χ1v) is 13.2. The van der Waals surface area contributed by atoms with Crippen molar-refractivity contribution in [3.05, 3.63) is 89.5 Å². The van der Waals surface area contributed by atoms with Crippen molar-refractivity contribution in [3.63, 3.8) is 0 Å². The Labute approximate surface area is 224 Å². The van der Waals surface area contributed by atoms with E-state index in [1.807, 2.05) is 72.8 Å². The SMILES string of the molecule is CCCCNC(=O)[C@@H](Cc1ccccc1)N(Cc1cccc(OC)c1)C(=O)CCc1ccc2c(c1)OCO2. The molecule has 7 nitrogen and oxygen atoms in total. The third-order valence-corrected chi connectivity index (χ3v) is 6.65. The topological polar surface area (TPSA) is 77.1 Å². The minimum Gasteiger partial charge on any atom is -0.497 e. The van der Waals surface area contributed by atoms with Crippen LogP contribution in [0.2, 0.25) is 0 Å². The van der Waals surface area contributed by atoms with Gasteiger partial charge >= 0.3 is 0 Å². The van der Waals surface area contributed by atoms with E-state index >= 15 is 0 Å². The number of carbonyl (C=O) groups is 2. The fourth-order valence-electron chi connectivity index (χ4n) is 4.52. The highest BCUT2D eigenvalue weighted by Gasteiger charge is 2.30. The van der Waals surface area contributed by atoms with Crippen LogP contribution in [0, 0.1) is 0 Å². The summed E-state index contributed by atoms with van der Waals surface area (Å²) in [5.41, 5.74) is 2.89. The zero-order chi connectivity index (χ0) is 26.7. The van der Waals surface area contributed by atoms with E-state index in [0.717, 1.165) is 29.5 Å². The van der Waals surface area contributed by atoms with Crippen LogP contribution >= 0.6 is 0 Å². The van der Waals surface area contributed by atoms with E-state index in [1.54, 1.807) is 12.0 Å². The van der Waals surface area contributed by atoms with Gasteiger partial charge in [-0.1, -0.05) is 61.9 Å². The van der Waals surface area contributed by atoms with Crippen molar-refractivity contribution in [2.75, 3.05) is 20.4 Å². The molecule has 0 aliphatic carbocycles. The molecule has 1 atom stereocenters. The number of ether oxygens (including phenoxy) is 3. The summed E-state index contributed by atoms with van der Waals surface area (Å²) in [6, 6.07) is 22.6. The maximum absolute atomic E-state index is 13.8. The fraction of sp³-hybridized carbons (Fsp3) is 0.355. The Kier molecular flexibility index (Phi) is 9.62. The van der Waals surface area contributed by atoms with Crippen LogP contribution in [0.15, 0.2) is 72.8 Å². The number of unbranched alkanes of at least 4 members (excludes halogenated alkanes) is 1. The lowest BCUT2D eigenvalue weighted by Crippen LogP contribution is -2.50. The molecule has 3 aromatic rings. The number of carbonyl (C=O) groups excluding carboxylic acids is 2. The van der Waals surface area contributed by atoms with Crippen molar-refractivity contribution in [1.82, 2.24) is 10.2 Å². The van der Waals surface area contributed by atoms with Gasteiger partial charge in [-0.25, -0.2) is 0 Å². The molecular formula is C31H36N2O5. The van der Waals surface area contributed by atoms with Crippen LogP contribution in [0.5, 0.6) is 17.2 Å². The maximum Gasteiger partial charge on any atom is 0.243 e. The van der Waals surface area contributed by atoms with Gasteiger partial charge in [-0.3, -0.25) is 9.59 Å². The molecule has 1 aliphatic rings. The molecule has 0 spiro atoms. The Bertz CT molecular complexity index is 1210. The molecule has 38 heavy (non-hydrogen) atoms. The van der Waals surface area contributed by atoms with Gasteiger partial charge in [0.15, 0.2) is 11.5 Å². The van der Waals surface area contributed by atoms with Gasteiger partial charge in [0.25, 0.3) is 0 Å². The molecule has 1 aliphatic heterocycles. The standard InChI is InChI=1S/C31H36N2O5/c1-3-4-17-32-31(35)27(19-23-9-6-5-7-10-23)33(21-25-11-8-12-26(18-25)36-2)30(34)16-14-24-13-15-28-29(20-24)38-22-37-28/h5-13,15,18,20,27H,3-4,14,16-17,19,21-22H2,1-2H3,(H,32,35)/t27-/m1/s1. The van der Waals surface area contributed by atoms with Crippen molar-refractivity contribution in [3.8, 4) is 17.2 Å². The number of hydrogen-bond acceptors (Lipinski definition) is 5. The van der Waals surface area contributed by atoms with E-state index in [-0.39, 0.29) is 25.0 Å². The second-order valence-electron chi connectivity index (χ2n) is 9.41. The van der Waals surface area contributed by atoms with Crippen LogP contribution in [-0.4, -0.2) is 43.2 Å². The molecule has 0 radical (unpaired) electrons. The molecule has 1 N–H and O–H groups in total. The van der Waals surface area contributed by atoms with Crippen LogP contribution in [-0.2, 0) is 29.0 Å². The second kappa shape index (κ2) is 13.5. The number of aryl methyl sites for hydroxylation is 1. The number of nitrogens with zero attached hydrogens (tertiary/aromatic N) is 1. The average molecular weight is 517 g/mol. The highest BCUT2D eigenvalue weighted by molar-refractivity contribution is 5.88. The van der Waals surface area contributed by atoms with E-state index in [2.05, 4.69) is 12.2 Å². The fourth-order valence-corrected chi connectivity index (χ4v) is 4.52. The van der Waals surface area contributed by atoms with Crippen molar-refractivity contribution in [1.29, 1.82) is 0 Å². The summed E-state index contributed by atoms with van der Waals surface area (Å²) in [6.07, 6.45) is 3.08. The largest absolute Gasteiger partial charge is 0.497 e. The minimum absolute atomic E-state index is 0.0861. The Hall–Kier alpha value is -4.00. The average Bonchev–Trinajstić information content (AvgIpc) is 3.42. The lowest BCUT2D eigenvalue weighted by atomic mass is 10.0. The molecule has 0 bridgehead atoms. The highest BCUT2D eigenvalue weighted by Crippen LogP contribution is 2.33. The Morgan fingerprint density at radius 3 is 2.53 bits per heavy atom. The smallest absolute Gasteiger partial charge is 0.243 e. The molecular weight excluding hydrogens is 480 g/mol. The van der Waals surface area contributed by atoms with Gasteiger partial charge in [0, 0.05) is 25.9 Å². The molecule has 200 valence electrons. The lowest BCUT2D eigenvalue weighted by Gasteiger charge is -2.32. The Morgan fingerprint density at radius 1 is 0.947 bits per heavy atom. The number of rotatable bonds is 13. The summed E-state index contributed by atoms with van der Waals surface area (Å²) in [6.45, 7) is 3.18. The first-order valence-electron chi connectivity index (χ1n) is 13.2. The quantitative estimate of drug-likeness (QED) is 0.327. The van der Waals surface area contributed by atoms with Crippen molar-refractivity contribution < 1.29 is 23.8 Å². The third-order valence-electron chi connectivity index (χ3n) is 6.65. The number of nitrogens with one attached hydrogen (secondary N) is 1. The summed E-state index contributed by atoms with van der Waals surface area (Å²) in [7, 11) is 1.62. The summed E-state index contributed by atoms with van der Waals surface area (Å²) in [4.78, 5) is 29.1. The molecule has 0 saturated heterocycles. The zero-order valence-corrected chi connectivity index (χ0v) is 22.2. The predicted molar refractivity (Wildman–Crippen MR) is 146 cm³/mol. The maximum atomic E-state index is 13.8. The zero-order valence-electron chi connectivity index (χ0n) is 22.2. The number of amides is 2. The van der Waals surface area contributed by atoms with E-state index in [4.69, 9.17) is 14.2 Å². The van der Waals surface area contributed by atoms with Crippen molar-refractivity contribution in [2.24, 2.45) is 0 Å². The summed E-state index contributed by atoms with van der Waals surface area (Å²) in [5, 5.41) is 3.06. The van der Waals surface area contributed by atoms with Crippen LogP contribution in [0.3, 0.4) is 0 Å². The molecule has 0 saturated carbocycles. The number of hydrogen-bond donors (Lipinski definition) is 1. The van der Waals surface area contributed by atoms with Gasteiger partial charge in [0.05, 0.1) is 7.11 Å². The molecule has 0 unspecified atom stereocenters. The van der Waals surface area contributed by atoms with Gasteiger partial charge in [-0.2, -0.15) is 0 Å². The molecule has 7 heteroatoms. The minimum atomic E-state index is -0.648. The highest BCUT2D eigenvalue weighted by atomic mass is 16.7. The normalized spacial score (nSPS) is 12.6. The van der Waals surface area contributed by atoms with Crippen LogP contribution in [0.1, 0.15) is 42.9 Å². The van der Waals surface area contributed by atoms with Crippen LogP contribution in [0.25, 0.3) is 0 Å². The van der Waals surface area contributed by atoms with Gasteiger partial charge in [-0.05, 0) is 53.8 Å². The van der Waals surface area contributed by atoms with E-state index in [0.29, 0.717) is 43.2 Å². The van der Waals surface area contributed by atoms with Crippen LogP contribution in [0.4, 0.5) is 0 Å². The van der Waals surface area contributed by atoms with Gasteiger partial charge in [-0.15, -0.1) is 0 Å².